The van der Waals surface area contributed by atoms with Crippen molar-refractivity contribution in [2.45, 2.75) is 7.43 Å². The number of piperazine rings is 1. The average molecular weight is 301 g/mol. The Hall–Kier alpha value is -2.21. The lowest BCUT2D eigenvalue weighted by atomic mass is 10.2. The standard InChI is InChI=1S/C15H21N6.CH4/c1-19-11-12-20(2)15(19)18-17-13-3-5-14(6-4-13)21-9-7-16-8-10-21;/h3-6,11-12,16H,7-10H2,1-2H3;1H4/q+1;. The molecule has 1 aliphatic rings. The van der Waals surface area contributed by atoms with Crippen LogP contribution >= 0.6 is 0 Å². The maximum absolute atomic E-state index is 4.31. The first-order valence-electron chi connectivity index (χ1n) is 7.22. The predicted molar refractivity (Wildman–Crippen MR) is 89.0 cm³/mol. The summed E-state index contributed by atoms with van der Waals surface area (Å²) >= 11 is 0. The van der Waals surface area contributed by atoms with Crippen molar-refractivity contribution in [3.8, 4) is 0 Å². The SMILES string of the molecule is C.Cn1cc[n+](C)c1N=Nc1ccc(N2CCNCC2)cc1. The molecule has 0 unspecified atom stereocenters. The maximum Gasteiger partial charge on any atom is 0.421 e. The number of imidazole rings is 1. The van der Waals surface area contributed by atoms with Crippen LogP contribution in [0.25, 0.3) is 0 Å². The first-order valence-corrected chi connectivity index (χ1v) is 7.22. The Morgan fingerprint density at radius 3 is 2.36 bits per heavy atom. The van der Waals surface area contributed by atoms with Crippen LogP contribution in [0.4, 0.5) is 17.3 Å². The van der Waals surface area contributed by atoms with Gasteiger partial charge < -0.3 is 10.2 Å². The Balaban J connectivity index is 0.00000176. The summed E-state index contributed by atoms with van der Waals surface area (Å²) in [6.45, 7) is 4.21. The third kappa shape index (κ3) is 3.51. The Morgan fingerprint density at radius 2 is 1.77 bits per heavy atom. The molecule has 0 amide bonds. The van der Waals surface area contributed by atoms with Gasteiger partial charge in [-0.2, -0.15) is 0 Å². The monoisotopic (exact) mass is 301 g/mol. The molecular formula is C16H25N6+. The molecule has 1 fully saturated rings. The fraction of sp³-hybridized carbons (Fsp3) is 0.438. The van der Waals surface area contributed by atoms with E-state index in [9.17, 15) is 0 Å². The smallest absolute Gasteiger partial charge is 0.369 e. The minimum Gasteiger partial charge on any atom is -0.369 e. The largest absolute Gasteiger partial charge is 0.421 e. The number of anilines is 1. The molecule has 118 valence electrons. The first-order chi connectivity index (χ1) is 10.2. The summed E-state index contributed by atoms with van der Waals surface area (Å²) in [5.41, 5.74) is 2.12. The number of aryl methyl sites for hydroxylation is 2. The average Bonchev–Trinajstić information content (AvgIpc) is 2.85. The van der Waals surface area contributed by atoms with Crippen LogP contribution in [-0.4, -0.2) is 30.7 Å². The molecule has 6 heteroatoms. The summed E-state index contributed by atoms with van der Waals surface area (Å²) in [6, 6.07) is 8.27. The molecule has 0 bridgehead atoms. The van der Waals surface area contributed by atoms with Crippen molar-refractivity contribution < 1.29 is 4.57 Å². The highest BCUT2D eigenvalue weighted by Gasteiger charge is 2.11. The van der Waals surface area contributed by atoms with E-state index in [0.717, 1.165) is 37.8 Å². The van der Waals surface area contributed by atoms with Crippen molar-refractivity contribution in [2.75, 3.05) is 31.1 Å². The van der Waals surface area contributed by atoms with Gasteiger partial charge in [0.2, 0.25) is 0 Å². The van der Waals surface area contributed by atoms with Crippen LogP contribution in [0, 0.1) is 0 Å². The fourth-order valence-corrected chi connectivity index (χ4v) is 2.48. The van der Waals surface area contributed by atoms with Crippen LogP contribution in [0.5, 0.6) is 0 Å². The summed E-state index contributed by atoms with van der Waals surface area (Å²) in [7, 11) is 3.92. The lowest BCUT2D eigenvalue weighted by molar-refractivity contribution is -0.657. The van der Waals surface area contributed by atoms with Gasteiger partial charge in [0, 0.05) is 37.0 Å². The number of nitrogens with zero attached hydrogens (tertiary/aromatic N) is 5. The molecule has 2 heterocycles. The first kappa shape index (κ1) is 16.2. The second-order valence-corrected chi connectivity index (χ2v) is 5.27. The van der Waals surface area contributed by atoms with Gasteiger partial charge in [0.05, 0.1) is 26.5 Å². The molecule has 22 heavy (non-hydrogen) atoms. The Morgan fingerprint density at radius 1 is 1.09 bits per heavy atom. The highest BCUT2D eigenvalue weighted by Crippen LogP contribution is 2.21. The summed E-state index contributed by atoms with van der Waals surface area (Å²) in [6.07, 6.45) is 3.92. The fourth-order valence-electron chi connectivity index (χ4n) is 2.48. The molecule has 0 saturated carbocycles. The number of hydrogen-bond donors (Lipinski definition) is 1. The van der Waals surface area contributed by atoms with Gasteiger partial charge in [-0.15, -0.1) is 0 Å². The van der Waals surface area contributed by atoms with E-state index in [4.69, 9.17) is 0 Å². The van der Waals surface area contributed by atoms with Gasteiger partial charge in [-0.1, -0.05) is 12.5 Å². The summed E-state index contributed by atoms with van der Waals surface area (Å²) in [5.74, 6) is 0.821. The Kier molecular flexibility index (Phi) is 5.27. The van der Waals surface area contributed by atoms with E-state index in [-0.39, 0.29) is 7.43 Å². The van der Waals surface area contributed by atoms with Crippen LogP contribution in [-0.2, 0) is 14.1 Å². The molecule has 0 aliphatic carbocycles. The van der Waals surface area contributed by atoms with Crippen molar-refractivity contribution >= 4 is 17.3 Å². The normalized spacial score (nSPS) is 15.1. The number of rotatable bonds is 3. The van der Waals surface area contributed by atoms with Crippen molar-refractivity contribution in [3.05, 3.63) is 36.7 Å². The molecule has 0 atom stereocenters. The predicted octanol–water partition coefficient (Wildman–Crippen LogP) is 2.31. The van der Waals surface area contributed by atoms with Crippen LogP contribution in [0.3, 0.4) is 0 Å². The maximum atomic E-state index is 4.31. The molecule has 6 nitrogen and oxygen atoms in total. The molecular weight excluding hydrogens is 276 g/mol. The minimum absolute atomic E-state index is 0. The van der Waals surface area contributed by atoms with Gasteiger partial charge in [-0.25, -0.2) is 9.13 Å². The molecule has 3 rings (SSSR count). The minimum atomic E-state index is 0. The van der Waals surface area contributed by atoms with Crippen LogP contribution in [0.2, 0.25) is 0 Å². The van der Waals surface area contributed by atoms with Gasteiger partial charge >= 0.3 is 5.95 Å². The molecule has 0 radical (unpaired) electrons. The van der Waals surface area contributed by atoms with Gasteiger partial charge in [0.25, 0.3) is 0 Å². The van der Waals surface area contributed by atoms with E-state index in [1.165, 1.54) is 5.69 Å². The molecule has 2 aromatic rings. The van der Waals surface area contributed by atoms with Gasteiger partial charge in [-0.3, -0.25) is 0 Å². The number of azo groups is 1. The van der Waals surface area contributed by atoms with E-state index in [2.05, 4.69) is 32.6 Å². The third-order valence-electron chi connectivity index (χ3n) is 3.73. The van der Waals surface area contributed by atoms with E-state index < -0.39 is 0 Å². The van der Waals surface area contributed by atoms with Crippen molar-refractivity contribution in [3.63, 3.8) is 0 Å². The molecule has 0 spiro atoms. The van der Waals surface area contributed by atoms with Crippen molar-refractivity contribution in [1.29, 1.82) is 0 Å². The van der Waals surface area contributed by atoms with Crippen LogP contribution < -0.4 is 14.8 Å². The van der Waals surface area contributed by atoms with E-state index in [1.807, 2.05) is 47.8 Å². The zero-order valence-electron chi connectivity index (χ0n) is 12.5. The second-order valence-electron chi connectivity index (χ2n) is 5.27. The number of nitrogens with one attached hydrogen (secondary N) is 1. The second kappa shape index (κ2) is 7.17. The van der Waals surface area contributed by atoms with Gasteiger partial charge in [0.15, 0.2) is 0 Å². The topological polar surface area (TPSA) is 48.8 Å². The van der Waals surface area contributed by atoms with Crippen molar-refractivity contribution in [2.24, 2.45) is 24.3 Å². The highest BCUT2D eigenvalue weighted by molar-refractivity contribution is 5.53. The van der Waals surface area contributed by atoms with E-state index >= 15 is 0 Å². The molecule has 1 N–H and O–H groups in total. The Bertz CT molecular complexity index is 603. The summed E-state index contributed by atoms with van der Waals surface area (Å²) < 4.78 is 3.89. The lowest BCUT2D eigenvalue weighted by Crippen LogP contribution is -2.43. The van der Waals surface area contributed by atoms with Crippen molar-refractivity contribution in [1.82, 2.24) is 9.88 Å². The molecule has 1 aromatic carbocycles. The summed E-state index contributed by atoms with van der Waals surface area (Å²) in [4.78, 5) is 2.38. The number of benzene rings is 1. The lowest BCUT2D eigenvalue weighted by Gasteiger charge is -2.29. The quantitative estimate of drug-likeness (QED) is 0.698. The molecule has 1 saturated heterocycles. The number of hydrogen-bond acceptors (Lipinski definition) is 4. The highest BCUT2D eigenvalue weighted by atomic mass is 15.3. The zero-order valence-corrected chi connectivity index (χ0v) is 12.5. The van der Waals surface area contributed by atoms with E-state index in [0.29, 0.717) is 0 Å². The Labute approximate surface area is 132 Å². The summed E-state index contributed by atoms with van der Waals surface area (Å²) in [5, 5.41) is 12.0. The third-order valence-corrected chi connectivity index (χ3v) is 3.73. The van der Waals surface area contributed by atoms with Crippen LogP contribution in [0.1, 0.15) is 7.43 Å². The molecule has 1 aromatic heterocycles. The van der Waals surface area contributed by atoms with Gasteiger partial charge in [0.1, 0.15) is 5.69 Å². The van der Waals surface area contributed by atoms with E-state index in [1.54, 1.807) is 0 Å². The van der Waals surface area contributed by atoms with Gasteiger partial charge in [-0.05, 0) is 24.3 Å². The van der Waals surface area contributed by atoms with Crippen LogP contribution in [0.15, 0.2) is 46.9 Å². The molecule has 1 aliphatic heterocycles. The number of aromatic nitrogens is 2. The zero-order chi connectivity index (χ0) is 14.7.